The molecular formula is C33H30F3N5O. The Bertz CT molecular complexity index is 1610. The number of primary amides is 1. The molecule has 0 bridgehead atoms. The van der Waals surface area contributed by atoms with Crippen LogP contribution in [0.4, 0.5) is 13.2 Å². The fraction of sp³-hybridized carbons (Fsp3) is 0.242. The summed E-state index contributed by atoms with van der Waals surface area (Å²) < 4.78 is 43.1. The van der Waals surface area contributed by atoms with Crippen LogP contribution >= 0.6 is 0 Å². The molecule has 1 amide bonds. The number of likely N-dealkylation sites (N-methyl/N-ethyl adjacent to an activating group) is 1. The Labute approximate surface area is 243 Å². The number of halogens is 3. The summed E-state index contributed by atoms with van der Waals surface area (Å²) in [6.45, 7) is 7.22. The lowest BCUT2D eigenvalue weighted by molar-refractivity contribution is -0.138. The molecule has 42 heavy (non-hydrogen) atoms. The van der Waals surface area contributed by atoms with Gasteiger partial charge in [0, 0.05) is 56.3 Å². The molecule has 9 heteroatoms. The SMILES string of the molecule is C=C1C=CC(C(N)=O)=C(c2ccc(CN3CCN(C)CC3)c(C(F)(F)F)c2)C1C#Cc1ccc(-c2ccccn2)nc1. The maximum absolute atomic E-state index is 14.4. The second kappa shape index (κ2) is 12.1. The highest BCUT2D eigenvalue weighted by Crippen LogP contribution is 2.40. The maximum atomic E-state index is 14.4. The molecule has 6 nitrogen and oxygen atoms in total. The summed E-state index contributed by atoms with van der Waals surface area (Å²) in [6, 6.07) is 13.3. The van der Waals surface area contributed by atoms with E-state index in [1.54, 1.807) is 36.7 Å². The second-order valence-electron chi connectivity index (χ2n) is 10.4. The molecule has 3 heterocycles. The van der Waals surface area contributed by atoms with E-state index in [9.17, 15) is 18.0 Å². The fourth-order valence-corrected chi connectivity index (χ4v) is 5.10. The predicted octanol–water partition coefficient (Wildman–Crippen LogP) is 4.94. The normalized spacial score (nSPS) is 18.1. The molecule has 1 fully saturated rings. The van der Waals surface area contributed by atoms with Gasteiger partial charge in [-0.05, 0) is 65.7 Å². The van der Waals surface area contributed by atoms with E-state index in [1.807, 2.05) is 30.1 Å². The highest BCUT2D eigenvalue weighted by Gasteiger charge is 2.35. The van der Waals surface area contributed by atoms with Crippen LogP contribution in [0.3, 0.4) is 0 Å². The van der Waals surface area contributed by atoms with Crippen molar-refractivity contribution in [2.24, 2.45) is 11.7 Å². The van der Waals surface area contributed by atoms with Gasteiger partial charge in [0.25, 0.3) is 0 Å². The number of hydrogen-bond acceptors (Lipinski definition) is 5. The van der Waals surface area contributed by atoms with E-state index in [2.05, 4.69) is 33.3 Å². The zero-order chi connectivity index (χ0) is 29.9. The van der Waals surface area contributed by atoms with Crippen LogP contribution in [0, 0.1) is 17.8 Å². The van der Waals surface area contributed by atoms with Crippen LogP contribution in [0.5, 0.6) is 0 Å². The first-order chi connectivity index (χ1) is 20.1. The monoisotopic (exact) mass is 569 g/mol. The first-order valence-corrected chi connectivity index (χ1v) is 13.5. The Morgan fingerprint density at radius 1 is 1.05 bits per heavy atom. The van der Waals surface area contributed by atoms with Crippen molar-refractivity contribution < 1.29 is 18.0 Å². The van der Waals surface area contributed by atoms with Gasteiger partial charge in [-0.25, -0.2) is 0 Å². The second-order valence-corrected chi connectivity index (χ2v) is 10.4. The van der Waals surface area contributed by atoms with E-state index in [0.717, 1.165) is 24.8 Å². The summed E-state index contributed by atoms with van der Waals surface area (Å²) in [7, 11) is 2.00. The van der Waals surface area contributed by atoms with Gasteiger partial charge < -0.3 is 10.6 Å². The highest BCUT2D eigenvalue weighted by atomic mass is 19.4. The zero-order valence-electron chi connectivity index (χ0n) is 23.2. The Morgan fingerprint density at radius 3 is 2.45 bits per heavy atom. The van der Waals surface area contributed by atoms with Crippen molar-refractivity contribution in [3.05, 3.63) is 113 Å². The van der Waals surface area contributed by atoms with Crippen molar-refractivity contribution in [1.29, 1.82) is 0 Å². The smallest absolute Gasteiger partial charge is 0.366 e. The summed E-state index contributed by atoms with van der Waals surface area (Å²) in [5.74, 6) is 4.65. The molecular weight excluding hydrogens is 539 g/mol. The molecule has 3 aromatic rings. The lowest BCUT2D eigenvalue weighted by Crippen LogP contribution is -2.44. The summed E-state index contributed by atoms with van der Waals surface area (Å²) in [5, 5.41) is 0. The van der Waals surface area contributed by atoms with Gasteiger partial charge >= 0.3 is 6.18 Å². The number of allylic oxidation sites excluding steroid dienone is 3. The summed E-state index contributed by atoms with van der Waals surface area (Å²) >= 11 is 0. The lowest BCUT2D eigenvalue weighted by atomic mass is 9.79. The van der Waals surface area contributed by atoms with Crippen LogP contribution in [-0.2, 0) is 17.5 Å². The number of alkyl halides is 3. The number of carbonyl (C=O) groups is 1. The highest BCUT2D eigenvalue weighted by molar-refractivity contribution is 6.05. The first kappa shape index (κ1) is 29.0. The molecule has 1 aliphatic carbocycles. The quantitative estimate of drug-likeness (QED) is 0.441. The van der Waals surface area contributed by atoms with Crippen molar-refractivity contribution in [2.75, 3.05) is 33.2 Å². The third-order valence-electron chi connectivity index (χ3n) is 7.45. The van der Waals surface area contributed by atoms with E-state index < -0.39 is 23.6 Å². The molecule has 5 rings (SSSR count). The molecule has 1 saturated heterocycles. The first-order valence-electron chi connectivity index (χ1n) is 13.5. The number of nitrogens with zero attached hydrogens (tertiary/aromatic N) is 4. The number of hydrogen-bond donors (Lipinski definition) is 1. The van der Waals surface area contributed by atoms with Crippen molar-refractivity contribution in [1.82, 2.24) is 19.8 Å². The minimum Gasteiger partial charge on any atom is -0.366 e. The number of rotatable bonds is 5. The van der Waals surface area contributed by atoms with Gasteiger partial charge in [0.1, 0.15) is 0 Å². The number of nitrogens with two attached hydrogens (primary N) is 1. The number of pyridine rings is 2. The third kappa shape index (κ3) is 6.51. The molecule has 0 spiro atoms. The Morgan fingerprint density at radius 2 is 1.81 bits per heavy atom. The van der Waals surface area contributed by atoms with Crippen molar-refractivity contribution >= 4 is 11.5 Å². The van der Waals surface area contributed by atoms with Gasteiger partial charge in [-0.2, -0.15) is 13.2 Å². The van der Waals surface area contributed by atoms with E-state index in [4.69, 9.17) is 5.73 Å². The summed E-state index contributed by atoms with van der Waals surface area (Å²) in [4.78, 5) is 25.4. The van der Waals surface area contributed by atoms with Crippen molar-refractivity contribution in [2.45, 2.75) is 12.7 Å². The molecule has 2 aromatic heterocycles. The molecule has 2 N–H and O–H groups in total. The van der Waals surface area contributed by atoms with E-state index in [1.165, 1.54) is 12.1 Å². The Balaban J connectivity index is 1.51. The van der Waals surface area contributed by atoms with Gasteiger partial charge in [0.2, 0.25) is 5.91 Å². The van der Waals surface area contributed by atoms with Gasteiger partial charge in [-0.15, -0.1) is 0 Å². The van der Waals surface area contributed by atoms with Crippen LogP contribution in [0.15, 0.2) is 90.8 Å². The number of benzene rings is 1. The van der Waals surface area contributed by atoms with Crippen LogP contribution < -0.4 is 5.73 Å². The minimum absolute atomic E-state index is 0.102. The maximum Gasteiger partial charge on any atom is 0.416 e. The van der Waals surface area contributed by atoms with Gasteiger partial charge in [0.15, 0.2) is 0 Å². The molecule has 0 radical (unpaired) electrons. The summed E-state index contributed by atoms with van der Waals surface area (Å²) in [6.07, 6.45) is 1.81. The minimum atomic E-state index is -4.59. The topological polar surface area (TPSA) is 75.4 Å². The summed E-state index contributed by atoms with van der Waals surface area (Å²) in [5.41, 5.74) is 8.30. The van der Waals surface area contributed by atoms with E-state index in [-0.39, 0.29) is 23.2 Å². The van der Waals surface area contributed by atoms with Crippen LogP contribution in [0.1, 0.15) is 22.3 Å². The van der Waals surface area contributed by atoms with Crippen molar-refractivity contribution in [3.63, 3.8) is 0 Å². The van der Waals surface area contributed by atoms with Gasteiger partial charge in [-0.1, -0.05) is 42.7 Å². The Kier molecular flexibility index (Phi) is 8.39. The standard InChI is InChI=1S/C33H30F3N5O/c1-22-6-11-27(32(37)42)31(26(22)12-7-23-8-13-30(39-20-23)29-5-3-4-14-38-29)24-9-10-25(28(19-24)33(34,35)36)21-41-17-15-40(2)16-18-41/h3-6,8-11,13-14,19-20,26H,1,15-18,21H2,2H3,(H2,37,42). The van der Waals surface area contributed by atoms with Gasteiger partial charge in [-0.3, -0.25) is 19.7 Å². The predicted molar refractivity (Wildman–Crippen MR) is 156 cm³/mol. The zero-order valence-corrected chi connectivity index (χ0v) is 23.2. The average Bonchev–Trinajstić information content (AvgIpc) is 2.98. The van der Waals surface area contributed by atoms with Crippen LogP contribution in [-0.4, -0.2) is 58.9 Å². The lowest BCUT2D eigenvalue weighted by Gasteiger charge is -2.33. The van der Waals surface area contributed by atoms with Gasteiger partial charge in [0.05, 0.1) is 22.9 Å². The number of carbonyl (C=O) groups excluding carboxylic acids is 1. The van der Waals surface area contributed by atoms with Crippen LogP contribution in [0.2, 0.25) is 0 Å². The van der Waals surface area contributed by atoms with Crippen molar-refractivity contribution in [3.8, 4) is 23.2 Å². The molecule has 0 saturated carbocycles. The molecule has 1 aliphatic heterocycles. The molecule has 2 aliphatic rings. The molecule has 214 valence electrons. The van der Waals surface area contributed by atoms with E-state index >= 15 is 0 Å². The third-order valence-corrected chi connectivity index (χ3v) is 7.45. The number of aromatic nitrogens is 2. The van der Waals surface area contributed by atoms with E-state index in [0.29, 0.717) is 35.5 Å². The molecule has 1 unspecified atom stereocenters. The number of piperazine rings is 1. The fourth-order valence-electron chi connectivity index (χ4n) is 5.10. The molecule has 1 aromatic carbocycles. The molecule has 1 atom stereocenters. The largest absolute Gasteiger partial charge is 0.416 e. The van der Waals surface area contributed by atoms with Crippen LogP contribution in [0.25, 0.3) is 17.0 Å². The Hall–Kier alpha value is -4.52. The average molecular weight is 570 g/mol. The number of amides is 1.